The molecule has 0 fully saturated rings. The first-order valence-electron chi connectivity index (χ1n) is 12.6. The number of Topliss-reactive ketones (excluding diaryl/α,β-unsaturated/α-hetero) is 2. The highest BCUT2D eigenvalue weighted by Gasteiger charge is 2.34. The molecule has 0 heterocycles. The monoisotopic (exact) mass is 452 g/mol. The Balaban J connectivity index is 5.58. The summed E-state index contributed by atoms with van der Waals surface area (Å²) in [4.78, 5) is 39.6. The van der Waals surface area contributed by atoms with Crippen LogP contribution in [0.2, 0.25) is 0 Å². The molecule has 0 radical (unpaired) electrons. The lowest BCUT2D eigenvalue weighted by atomic mass is 9.78. The van der Waals surface area contributed by atoms with E-state index in [9.17, 15) is 14.4 Å². The fourth-order valence-corrected chi connectivity index (χ4v) is 3.97. The molecule has 0 aromatic heterocycles. The molecule has 0 aromatic rings. The van der Waals surface area contributed by atoms with Gasteiger partial charge in [-0.25, -0.2) is 0 Å². The van der Waals surface area contributed by atoms with Crippen LogP contribution in [0.3, 0.4) is 0 Å². The number of hydrogen-bond acceptors (Lipinski definition) is 4. The van der Waals surface area contributed by atoms with E-state index in [1.165, 1.54) is 0 Å². The molecule has 1 amide bonds. The Morgan fingerprint density at radius 2 is 1.44 bits per heavy atom. The Labute approximate surface area is 198 Å². The lowest BCUT2D eigenvalue weighted by Crippen LogP contribution is -2.57. The van der Waals surface area contributed by atoms with Crippen LogP contribution in [0.1, 0.15) is 115 Å². The highest BCUT2D eigenvalue weighted by atomic mass is 16.2. The van der Waals surface area contributed by atoms with E-state index in [2.05, 4.69) is 31.4 Å². The van der Waals surface area contributed by atoms with E-state index in [1.54, 1.807) is 0 Å². The van der Waals surface area contributed by atoms with Crippen LogP contribution in [-0.4, -0.2) is 35.1 Å². The smallest absolute Gasteiger partial charge is 0.237 e. The highest BCUT2D eigenvalue weighted by Crippen LogP contribution is 2.27. The van der Waals surface area contributed by atoms with Gasteiger partial charge in [0.05, 0.1) is 12.1 Å². The van der Waals surface area contributed by atoms with Crippen molar-refractivity contribution in [2.24, 2.45) is 23.2 Å². The minimum atomic E-state index is -0.563. The zero-order valence-corrected chi connectivity index (χ0v) is 22.9. The fourth-order valence-electron chi connectivity index (χ4n) is 3.97. The van der Waals surface area contributed by atoms with Crippen molar-refractivity contribution in [1.29, 1.82) is 0 Å². The van der Waals surface area contributed by atoms with Gasteiger partial charge in [0.1, 0.15) is 5.78 Å². The van der Waals surface area contributed by atoms with Crippen molar-refractivity contribution in [3.05, 3.63) is 0 Å². The summed E-state index contributed by atoms with van der Waals surface area (Å²) >= 11 is 0. The van der Waals surface area contributed by atoms with Gasteiger partial charge in [-0.2, -0.15) is 0 Å². The topological polar surface area (TPSA) is 75.3 Å². The number of unbranched alkanes of at least 4 members (excludes halogenated alkanes) is 2. The van der Waals surface area contributed by atoms with Gasteiger partial charge in [-0.05, 0) is 45.4 Å². The van der Waals surface area contributed by atoms with Gasteiger partial charge in [0.2, 0.25) is 5.91 Å². The summed E-state index contributed by atoms with van der Waals surface area (Å²) in [5, 5.41) is 6.43. The third kappa shape index (κ3) is 12.1. The number of carbonyl (C=O) groups excluding carboxylic acids is 3. The Hall–Kier alpha value is -1.23. The van der Waals surface area contributed by atoms with Gasteiger partial charge in [0, 0.05) is 23.3 Å². The quantitative estimate of drug-likeness (QED) is 0.331. The normalized spacial score (nSPS) is 15.5. The lowest BCUT2D eigenvalue weighted by Gasteiger charge is -2.32. The van der Waals surface area contributed by atoms with Crippen molar-refractivity contribution in [3.63, 3.8) is 0 Å². The fraction of sp³-hybridized carbons (Fsp3) is 0.889. The molecule has 0 bridgehead atoms. The molecule has 188 valence electrons. The van der Waals surface area contributed by atoms with Crippen LogP contribution in [0.15, 0.2) is 0 Å². The second kappa shape index (κ2) is 13.5. The zero-order chi connectivity index (χ0) is 25.3. The molecule has 0 spiro atoms. The van der Waals surface area contributed by atoms with E-state index >= 15 is 0 Å². The first-order valence-corrected chi connectivity index (χ1v) is 12.6. The van der Waals surface area contributed by atoms with E-state index in [-0.39, 0.29) is 53.2 Å². The molecule has 0 rings (SSSR count). The van der Waals surface area contributed by atoms with Crippen molar-refractivity contribution in [2.75, 3.05) is 0 Å². The maximum absolute atomic E-state index is 13.4. The molecule has 0 aliphatic heterocycles. The van der Waals surface area contributed by atoms with Gasteiger partial charge in [0.15, 0.2) is 5.78 Å². The molecule has 0 saturated carbocycles. The highest BCUT2D eigenvalue weighted by molar-refractivity contribution is 5.95. The molecular weight excluding hydrogens is 400 g/mol. The van der Waals surface area contributed by atoms with Crippen molar-refractivity contribution < 1.29 is 14.4 Å². The largest absolute Gasteiger partial charge is 0.345 e. The van der Waals surface area contributed by atoms with Gasteiger partial charge >= 0.3 is 0 Å². The summed E-state index contributed by atoms with van der Waals surface area (Å²) < 4.78 is 0. The van der Waals surface area contributed by atoms with Crippen molar-refractivity contribution >= 4 is 17.5 Å². The summed E-state index contributed by atoms with van der Waals surface area (Å²) in [5.41, 5.74) is -0.694. The summed E-state index contributed by atoms with van der Waals surface area (Å²) in [5.74, 6) is 0.0470. The van der Waals surface area contributed by atoms with E-state index in [1.807, 2.05) is 55.4 Å². The molecular formula is C27H52N2O3. The predicted molar refractivity (Wildman–Crippen MR) is 135 cm³/mol. The second-order valence-corrected chi connectivity index (χ2v) is 12.3. The van der Waals surface area contributed by atoms with Crippen molar-refractivity contribution in [3.8, 4) is 0 Å². The van der Waals surface area contributed by atoms with Gasteiger partial charge in [-0.15, -0.1) is 0 Å². The molecule has 5 nitrogen and oxygen atoms in total. The summed E-state index contributed by atoms with van der Waals surface area (Å²) in [7, 11) is 0. The van der Waals surface area contributed by atoms with Crippen LogP contribution in [0.4, 0.5) is 0 Å². The average molecular weight is 453 g/mol. The SMILES string of the molecule is CCCCC[C@H](CC(=O)[C@H](CC(C)C)NC(=O)[C@@H](NC(C)(C)C)C(C)C)C(=O)C(C)(C)C. The number of ketones is 2. The van der Waals surface area contributed by atoms with Crippen LogP contribution in [0.5, 0.6) is 0 Å². The Bertz CT molecular complexity index is 597. The summed E-state index contributed by atoms with van der Waals surface area (Å²) in [6, 6.07) is -0.944. The predicted octanol–water partition coefficient (Wildman–Crippen LogP) is 5.70. The molecule has 0 unspecified atom stereocenters. The van der Waals surface area contributed by atoms with Crippen LogP contribution in [0, 0.1) is 23.2 Å². The third-order valence-corrected chi connectivity index (χ3v) is 5.66. The standard InChI is InChI=1S/C27H52N2O3/c1-12-13-14-15-20(24(31)26(6,7)8)17-22(30)21(16-18(2)3)28-25(32)23(19(4)5)29-27(9,10)11/h18-21,23,29H,12-17H2,1-11H3,(H,28,32)/t20-,21+,23+/m1/s1. The molecule has 32 heavy (non-hydrogen) atoms. The van der Waals surface area contributed by atoms with Gasteiger partial charge < -0.3 is 10.6 Å². The van der Waals surface area contributed by atoms with Crippen molar-refractivity contribution in [2.45, 2.75) is 132 Å². The lowest BCUT2D eigenvalue weighted by molar-refractivity contribution is -0.135. The molecule has 0 aliphatic rings. The second-order valence-electron chi connectivity index (χ2n) is 12.3. The van der Waals surface area contributed by atoms with E-state index in [0.717, 1.165) is 25.7 Å². The zero-order valence-electron chi connectivity index (χ0n) is 22.9. The van der Waals surface area contributed by atoms with Gasteiger partial charge in [-0.3, -0.25) is 14.4 Å². The third-order valence-electron chi connectivity index (χ3n) is 5.66. The molecule has 0 aliphatic carbocycles. The maximum Gasteiger partial charge on any atom is 0.237 e. The molecule has 0 aromatic carbocycles. The molecule has 5 heteroatoms. The van der Waals surface area contributed by atoms with Gasteiger partial charge in [-0.1, -0.05) is 74.7 Å². The summed E-state index contributed by atoms with van der Waals surface area (Å²) in [6.07, 6.45) is 4.60. The van der Waals surface area contributed by atoms with E-state index < -0.39 is 11.5 Å². The van der Waals surface area contributed by atoms with Crippen LogP contribution in [-0.2, 0) is 14.4 Å². The minimum absolute atomic E-state index is 0.0237. The Kier molecular flexibility index (Phi) is 13.0. The number of carbonyl (C=O) groups is 3. The maximum atomic E-state index is 13.4. The molecule has 2 N–H and O–H groups in total. The minimum Gasteiger partial charge on any atom is -0.345 e. The summed E-state index contributed by atoms with van der Waals surface area (Å²) in [6.45, 7) is 22.1. The number of nitrogens with one attached hydrogen (secondary N) is 2. The first-order chi connectivity index (χ1) is 14.5. The molecule has 0 saturated heterocycles. The Morgan fingerprint density at radius 1 is 0.875 bits per heavy atom. The van der Waals surface area contributed by atoms with E-state index in [0.29, 0.717) is 6.42 Å². The van der Waals surface area contributed by atoms with Crippen LogP contribution < -0.4 is 10.6 Å². The number of hydrogen-bond donors (Lipinski definition) is 2. The van der Waals surface area contributed by atoms with Crippen molar-refractivity contribution in [1.82, 2.24) is 10.6 Å². The van der Waals surface area contributed by atoms with Crippen LogP contribution in [0.25, 0.3) is 0 Å². The number of rotatable bonds is 14. The molecule has 3 atom stereocenters. The van der Waals surface area contributed by atoms with Gasteiger partial charge in [0.25, 0.3) is 0 Å². The Morgan fingerprint density at radius 3 is 1.84 bits per heavy atom. The first kappa shape index (κ1) is 30.8. The van der Waals surface area contributed by atoms with E-state index in [4.69, 9.17) is 0 Å². The average Bonchev–Trinajstić information content (AvgIpc) is 2.62. The number of amides is 1. The van der Waals surface area contributed by atoms with Crippen LogP contribution >= 0.6 is 0 Å².